The van der Waals surface area contributed by atoms with E-state index in [1.165, 1.54) is 30.6 Å². The van der Waals surface area contributed by atoms with Gasteiger partial charge in [-0.25, -0.2) is 0 Å². The van der Waals surface area contributed by atoms with E-state index >= 15 is 0 Å². The average molecular weight is 317 g/mol. The van der Waals surface area contributed by atoms with Crippen molar-refractivity contribution in [2.75, 3.05) is 6.54 Å². The summed E-state index contributed by atoms with van der Waals surface area (Å²) in [6, 6.07) is 3.71. The third-order valence-electron chi connectivity index (χ3n) is 3.25. The molecule has 1 aliphatic rings. The highest BCUT2D eigenvalue weighted by atomic mass is 79.9. The molecule has 0 bridgehead atoms. The molecule has 0 radical (unpaired) electrons. The van der Waals surface area contributed by atoms with Gasteiger partial charge in [-0.15, -0.1) is 11.3 Å². The fourth-order valence-corrected chi connectivity index (χ4v) is 3.51. The normalized spacial score (nSPS) is 18.9. The van der Waals surface area contributed by atoms with Crippen LogP contribution in [-0.4, -0.2) is 18.0 Å². The van der Waals surface area contributed by atoms with Crippen LogP contribution in [0.1, 0.15) is 41.8 Å². The summed E-state index contributed by atoms with van der Waals surface area (Å²) in [4.78, 5) is 12.6. The molecule has 3 N–H and O–H groups in total. The lowest BCUT2D eigenvalue weighted by Gasteiger charge is -2.33. The molecule has 2 rings (SSSR count). The SMILES string of the molecule is NC1(CNC(=O)c2ccc(Br)s2)CCCCC1. The second kappa shape index (κ2) is 5.50. The monoisotopic (exact) mass is 316 g/mol. The Balaban J connectivity index is 1.87. The zero-order valence-corrected chi connectivity index (χ0v) is 12.1. The predicted octanol–water partition coefficient (Wildman–Crippen LogP) is 2.90. The summed E-state index contributed by atoms with van der Waals surface area (Å²) < 4.78 is 0.975. The van der Waals surface area contributed by atoms with Gasteiger partial charge in [-0.1, -0.05) is 19.3 Å². The molecule has 0 saturated heterocycles. The minimum atomic E-state index is -0.192. The minimum absolute atomic E-state index is 0.0175. The summed E-state index contributed by atoms with van der Waals surface area (Å²) in [5.41, 5.74) is 6.08. The van der Waals surface area contributed by atoms with Gasteiger partial charge in [0.1, 0.15) is 0 Å². The van der Waals surface area contributed by atoms with Gasteiger partial charge in [0.25, 0.3) is 5.91 Å². The average Bonchev–Trinajstić information content (AvgIpc) is 2.74. The van der Waals surface area contributed by atoms with Gasteiger partial charge >= 0.3 is 0 Å². The second-order valence-electron chi connectivity index (χ2n) is 4.71. The van der Waals surface area contributed by atoms with Gasteiger partial charge in [0, 0.05) is 12.1 Å². The first-order valence-electron chi connectivity index (χ1n) is 5.91. The van der Waals surface area contributed by atoms with E-state index < -0.39 is 0 Å². The minimum Gasteiger partial charge on any atom is -0.349 e. The molecule has 1 heterocycles. The molecule has 0 aromatic carbocycles. The van der Waals surface area contributed by atoms with Crippen molar-refractivity contribution >= 4 is 33.2 Å². The van der Waals surface area contributed by atoms with Gasteiger partial charge in [0.15, 0.2) is 0 Å². The van der Waals surface area contributed by atoms with Gasteiger partial charge < -0.3 is 11.1 Å². The lowest BCUT2D eigenvalue weighted by atomic mass is 9.82. The van der Waals surface area contributed by atoms with Gasteiger partial charge in [-0.3, -0.25) is 4.79 Å². The van der Waals surface area contributed by atoms with Crippen LogP contribution in [0.25, 0.3) is 0 Å². The summed E-state index contributed by atoms with van der Waals surface area (Å²) >= 11 is 4.80. The third kappa shape index (κ3) is 3.53. The lowest BCUT2D eigenvalue weighted by molar-refractivity contribution is 0.0942. The molecule has 0 spiro atoms. The van der Waals surface area contributed by atoms with E-state index in [9.17, 15) is 4.79 Å². The topological polar surface area (TPSA) is 55.1 Å². The Kier molecular flexibility index (Phi) is 4.22. The number of thiophene rings is 1. The van der Waals surface area contributed by atoms with Crippen molar-refractivity contribution in [3.8, 4) is 0 Å². The van der Waals surface area contributed by atoms with Crippen LogP contribution < -0.4 is 11.1 Å². The van der Waals surface area contributed by atoms with Crippen molar-refractivity contribution in [1.29, 1.82) is 0 Å². The molecule has 1 fully saturated rings. The molecule has 1 amide bonds. The zero-order valence-electron chi connectivity index (χ0n) is 9.67. The molecule has 1 aliphatic carbocycles. The Hall–Kier alpha value is -0.390. The Morgan fingerprint density at radius 2 is 2.12 bits per heavy atom. The van der Waals surface area contributed by atoms with Crippen molar-refractivity contribution < 1.29 is 4.79 Å². The highest BCUT2D eigenvalue weighted by Gasteiger charge is 2.27. The molecule has 1 aromatic heterocycles. The van der Waals surface area contributed by atoms with E-state index in [-0.39, 0.29) is 11.4 Å². The summed E-state index contributed by atoms with van der Waals surface area (Å²) in [5, 5.41) is 2.95. The summed E-state index contributed by atoms with van der Waals surface area (Å²) in [6.45, 7) is 0.585. The van der Waals surface area contributed by atoms with E-state index in [4.69, 9.17) is 5.73 Å². The van der Waals surface area contributed by atoms with Crippen LogP contribution >= 0.6 is 27.3 Å². The van der Waals surface area contributed by atoms with Gasteiger partial charge in [0.2, 0.25) is 0 Å². The molecule has 17 heavy (non-hydrogen) atoms. The summed E-state index contributed by atoms with van der Waals surface area (Å²) in [5.74, 6) is -0.0175. The molecule has 1 aromatic rings. The first kappa shape index (κ1) is 13.1. The molecule has 0 aliphatic heterocycles. The molecular weight excluding hydrogens is 300 g/mol. The molecule has 3 nitrogen and oxygen atoms in total. The van der Waals surface area contributed by atoms with E-state index in [1.807, 2.05) is 12.1 Å². The maximum Gasteiger partial charge on any atom is 0.261 e. The highest BCUT2D eigenvalue weighted by molar-refractivity contribution is 9.11. The smallest absolute Gasteiger partial charge is 0.261 e. The number of carbonyl (C=O) groups excluding carboxylic acids is 1. The van der Waals surface area contributed by atoms with Crippen molar-refractivity contribution in [2.24, 2.45) is 5.73 Å². The Morgan fingerprint density at radius 3 is 2.71 bits per heavy atom. The van der Waals surface area contributed by atoms with Crippen molar-refractivity contribution in [3.63, 3.8) is 0 Å². The maximum atomic E-state index is 11.9. The number of rotatable bonds is 3. The van der Waals surface area contributed by atoms with E-state index in [2.05, 4.69) is 21.2 Å². The van der Waals surface area contributed by atoms with Crippen LogP contribution in [0.3, 0.4) is 0 Å². The van der Waals surface area contributed by atoms with Crippen molar-refractivity contribution in [1.82, 2.24) is 5.32 Å². The number of nitrogens with one attached hydrogen (secondary N) is 1. The second-order valence-corrected chi connectivity index (χ2v) is 7.17. The maximum absolute atomic E-state index is 11.9. The third-order valence-corrected chi connectivity index (χ3v) is 4.87. The number of nitrogens with two attached hydrogens (primary N) is 1. The standard InChI is InChI=1S/C12H17BrN2OS/c13-10-5-4-9(17-10)11(16)15-8-12(14)6-2-1-3-7-12/h4-5H,1-3,6-8,14H2,(H,15,16). The fraction of sp³-hybridized carbons (Fsp3) is 0.583. The van der Waals surface area contributed by atoms with E-state index in [0.717, 1.165) is 21.5 Å². The molecular formula is C12H17BrN2OS. The lowest BCUT2D eigenvalue weighted by Crippen LogP contribution is -2.51. The van der Waals surface area contributed by atoms with Gasteiger partial charge in [-0.05, 0) is 40.9 Å². The van der Waals surface area contributed by atoms with Crippen molar-refractivity contribution in [2.45, 2.75) is 37.6 Å². The van der Waals surface area contributed by atoms with E-state index in [0.29, 0.717) is 6.54 Å². The Morgan fingerprint density at radius 1 is 1.41 bits per heavy atom. The van der Waals surface area contributed by atoms with Gasteiger partial charge in [-0.2, -0.15) is 0 Å². The number of hydrogen-bond acceptors (Lipinski definition) is 3. The van der Waals surface area contributed by atoms with Gasteiger partial charge in [0.05, 0.1) is 8.66 Å². The number of amides is 1. The Labute approximate surface area is 114 Å². The summed E-state index contributed by atoms with van der Waals surface area (Å²) in [7, 11) is 0. The first-order chi connectivity index (χ1) is 8.09. The zero-order chi connectivity index (χ0) is 12.3. The van der Waals surface area contributed by atoms with Crippen LogP contribution in [0.5, 0.6) is 0 Å². The molecule has 94 valence electrons. The number of carbonyl (C=O) groups is 1. The molecule has 0 unspecified atom stereocenters. The molecule has 0 atom stereocenters. The van der Waals surface area contributed by atoms with E-state index in [1.54, 1.807) is 0 Å². The first-order valence-corrected chi connectivity index (χ1v) is 7.52. The molecule has 1 saturated carbocycles. The molecule has 5 heteroatoms. The van der Waals surface area contributed by atoms with Crippen LogP contribution in [0.4, 0.5) is 0 Å². The van der Waals surface area contributed by atoms with Crippen LogP contribution in [0.15, 0.2) is 15.9 Å². The van der Waals surface area contributed by atoms with Crippen LogP contribution in [0.2, 0.25) is 0 Å². The predicted molar refractivity (Wildman–Crippen MR) is 74.4 cm³/mol. The number of hydrogen-bond donors (Lipinski definition) is 2. The Bertz CT molecular complexity index is 399. The van der Waals surface area contributed by atoms with Crippen LogP contribution in [0, 0.1) is 0 Å². The van der Waals surface area contributed by atoms with Crippen LogP contribution in [-0.2, 0) is 0 Å². The summed E-state index contributed by atoms with van der Waals surface area (Å²) in [6.07, 6.45) is 5.65. The largest absolute Gasteiger partial charge is 0.349 e. The number of halogens is 1. The fourth-order valence-electron chi connectivity index (χ4n) is 2.21. The quantitative estimate of drug-likeness (QED) is 0.900. The van der Waals surface area contributed by atoms with Crippen molar-refractivity contribution in [3.05, 3.63) is 20.8 Å². The highest BCUT2D eigenvalue weighted by Crippen LogP contribution is 2.26.